The molecule has 6 heteroatoms. The first-order valence-electron chi connectivity index (χ1n) is 6.60. The van der Waals surface area contributed by atoms with Crippen molar-refractivity contribution in [2.45, 2.75) is 28.8 Å². The third kappa shape index (κ3) is 2.62. The van der Waals surface area contributed by atoms with E-state index in [-0.39, 0.29) is 0 Å². The summed E-state index contributed by atoms with van der Waals surface area (Å²) < 4.78 is 8.84. The summed E-state index contributed by atoms with van der Waals surface area (Å²) in [4.78, 5) is 9.22. The minimum atomic E-state index is -1.54. The summed E-state index contributed by atoms with van der Waals surface area (Å²) in [5.41, 5.74) is 0.955. The monoisotopic (exact) mass is 386 g/mol. The minimum absolute atomic E-state index is 0.402. The van der Waals surface area contributed by atoms with Crippen molar-refractivity contribution < 1.29 is 4.74 Å². The van der Waals surface area contributed by atoms with Crippen molar-refractivity contribution in [1.82, 2.24) is 14.8 Å². The number of hydrogen-bond donors (Lipinski definition) is 0. The normalized spacial score (nSPS) is 17.5. The molecule has 3 rings (SSSR count). The molecular formula is C13H17ClN3OSn. The predicted octanol–water partition coefficient (Wildman–Crippen LogP) is 2.40. The van der Waals surface area contributed by atoms with Crippen LogP contribution in [0.3, 0.4) is 0 Å². The van der Waals surface area contributed by atoms with Gasteiger partial charge in [0, 0.05) is 0 Å². The molecule has 1 fully saturated rings. The second kappa shape index (κ2) is 5.58. The van der Waals surface area contributed by atoms with Crippen LogP contribution in [-0.2, 0) is 4.74 Å². The molecule has 19 heavy (non-hydrogen) atoms. The third-order valence-corrected chi connectivity index (χ3v) is 7.50. The van der Waals surface area contributed by atoms with Crippen molar-refractivity contribution in [3.05, 3.63) is 17.3 Å². The molecule has 2 aromatic heterocycles. The van der Waals surface area contributed by atoms with E-state index >= 15 is 0 Å². The number of halogens is 1. The van der Waals surface area contributed by atoms with E-state index in [2.05, 4.69) is 25.6 Å². The molecule has 0 saturated carbocycles. The maximum atomic E-state index is 6.06. The zero-order chi connectivity index (χ0) is 13.4. The Labute approximate surface area is 124 Å². The molecule has 0 unspecified atom stereocenters. The van der Waals surface area contributed by atoms with Gasteiger partial charge in [0.2, 0.25) is 0 Å². The van der Waals surface area contributed by atoms with Crippen molar-refractivity contribution in [2.24, 2.45) is 0 Å². The molecule has 1 aliphatic heterocycles. The summed E-state index contributed by atoms with van der Waals surface area (Å²) in [6.07, 6.45) is 2.02. The number of ether oxygens (including phenoxy) is 1. The van der Waals surface area contributed by atoms with Gasteiger partial charge < -0.3 is 0 Å². The summed E-state index contributed by atoms with van der Waals surface area (Å²) in [6.45, 7) is 1.62. The number of hydrogen-bond acceptors (Lipinski definition) is 3. The number of rotatable bonds is 2. The Hall–Kier alpha value is -0.331. The van der Waals surface area contributed by atoms with Crippen molar-refractivity contribution in [3.63, 3.8) is 0 Å². The fourth-order valence-electron chi connectivity index (χ4n) is 2.55. The first-order valence-corrected chi connectivity index (χ1v) is 14.1. The molecule has 0 amide bonds. The molecule has 1 radical (unpaired) electrons. The Balaban J connectivity index is 2.14. The molecule has 4 nitrogen and oxygen atoms in total. The van der Waals surface area contributed by atoms with Crippen LogP contribution in [0.4, 0.5) is 0 Å². The molecule has 0 atom stereocenters. The standard InChI is InChI=1S/C11H11ClN3O.2CH3.Sn/c12-10-2-1-8-7-13-15(11(8)14-10)9-3-5-16-6-4-9;;;/h1-2,9H,3-6H2;2*1H3;. The van der Waals surface area contributed by atoms with E-state index in [0.29, 0.717) is 11.2 Å². The van der Waals surface area contributed by atoms with Crippen LogP contribution in [0.25, 0.3) is 11.0 Å². The van der Waals surface area contributed by atoms with Gasteiger partial charge in [-0.2, -0.15) is 0 Å². The molecule has 1 saturated heterocycles. The molecule has 2 aromatic rings. The molecule has 0 spiro atoms. The Morgan fingerprint density at radius 1 is 1.32 bits per heavy atom. The van der Waals surface area contributed by atoms with Crippen molar-refractivity contribution in [2.75, 3.05) is 13.2 Å². The Bertz CT molecular complexity index is 593. The summed E-state index contributed by atoms with van der Waals surface area (Å²) in [5.74, 6) is 0. The SMILES string of the molecule is [CH3][Sn]([CH3])[c]1nn(C2CCOCC2)c2nc(Cl)ccc12. The molecule has 1 aliphatic rings. The van der Waals surface area contributed by atoms with Gasteiger partial charge in [0.15, 0.2) is 0 Å². The fourth-order valence-corrected chi connectivity index (χ4v) is 5.66. The van der Waals surface area contributed by atoms with E-state index in [4.69, 9.17) is 21.4 Å². The number of pyridine rings is 1. The molecule has 101 valence electrons. The van der Waals surface area contributed by atoms with Gasteiger partial charge >= 0.3 is 125 Å². The van der Waals surface area contributed by atoms with Crippen molar-refractivity contribution in [1.29, 1.82) is 0 Å². The van der Waals surface area contributed by atoms with Gasteiger partial charge in [-0.1, -0.05) is 0 Å². The fraction of sp³-hybridized carbons (Fsp3) is 0.538. The molecular weight excluding hydrogens is 368 g/mol. The van der Waals surface area contributed by atoms with Crippen LogP contribution in [0.2, 0.25) is 15.0 Å². The topological polar surface area (TPSA) is 39.9 Å². The van der Waals surface area contributed by atoms with Crippen LogP contribution in [-0.4, -0.2) is 47.7 Å². The van der Waals surface area contributed by atoms with Crippen LogP contribution in [0, 0.1) is 0 Å². The maximum absolute atomic E-state index is 6.06. The van der Waals surface area contributed by atoms with Crippen LogP contribution < -0.4 is 3.71 Å². The molecule has 0 aromatic carbocycles. The summed E-state index contributed by atoms with van der Waals surface area (Å²) in [7, 11) is 0. The first-order chi connectivity index (χ1) is 9.16. The van der Waals surface area contributed by atoms with E-state index in [0.717, 1.165) is 31.7 Å². The molecule has 0 bridgehead atoms. The van der Waals surface area contributed by atoms with Crippen molar-refractivity contribution >= 4 is 46.1 Å². The third-order valence-electron chi connectivity index (χ3n) is 3.53. The number of fused-ring (bicyclic) bond motifs is 1. The summed E-state index contributed by atoms with van der Waals surface area (Å²) in [6, 6.07) is 4.35. The van der Waals surface area contributed by atoms with Crippen LogP contribution in [0.5, 0.6) is 0 Å². The first kappa shape index (κ1) is 13.6. The van der Waals surface area contributed by atoms with E-state index in [1.807, 2.05) is 6.07 Å². The van der Waals surface area contributed by atoms with E-state index in [1.54, 1.807) is 0 Å². The second-order valence-corrected chi connectivity index (χ2v) is 12.6. The van der Waals surface area contributed by atoms with Gasteiger partial charge in [0.25, 0.3) is 0 Å². The van der Waals surface area contributed by atoms with Gasteiger partial charge in [-0.15, -0.1) is 0 Å². The van der Waals surface area contributed by atoms with Gasteiger partial charge in [-0.3, -0.25) is 0 Å². The van der Waals surface area contributed by atoms with Crippen LogP contribution in [0.15, 0.2) is 12.1 Å². The van der Waals surface area contributed by atoms with Gasteiger partial charge in [0.1, 0.15) is 0 Å². The van der Waals surface area contributed by atoms with Crippen molar-refractivity contribution in [3.8, 4) is 0 Å². The Morgan fingerprint density at radius 2 is 2.05 bits per heavy atom. The second-order valence-electron chi connectivity index (χ2n) is 5.14. The summed E-state index contributed by atoms with van der Waals surface area (Å²) >= 11 is 4.52. The van der Waals surface area contributed by atoms with Gasteiger partial charge in [-0.25, -0.2) is 0 Å². The van der Waals surface area contributed by atoms with E-state index in [1.165, 1.54) is 9.10 Å². The average Bonchev–Trinajstić information content (AvgIpc) is 2.78. The van der Waals surface area contributed by atoms with Gasteiger partial charge in [0.05, 0.1) is 0 Å². The Morgan fingerprint density at radius 3 is 2.74 bits per heavy atom. The molecule has 3 heterocycles. The zero-order valence-corrected chi connectivity index (χ0v) is 14.8. The molecule has 0 N–H and O–H groups in total. The predicted molar refractivity (Wildman–Crippen MR) is 78.7 cm³/mol. The number of aromatic nitrogens is 3. The van der Waals surface area contributed by atoms with Gasteiger partial charge in [-0.05, 0) is 0 Å². The molecule has 0 aliphatic carbocycles. The van der Waals surface area contributed by atoms with E-state index in [9.17, 15) is 0 Å². The van der Waals surface area contributed by atoms with E-state index < -0.39 is 19.8 Å². The Kier molecular flexibility index (Phi) is 4.00. The number of nitrogens with zero attached hydrogens (tertiary/aromatic N) is 3. The van der Waals surface area contributed by atoms with Crippen LogP contribution in [0.1, 0.15) is 18.9 Å². The average molecular weight is 385 g/mol. The zero-order valence-electron chi connectivity index (χ0n) is 11.2. The quantitative estimate of drug-likeness (QED) is 0.589. The summed E-state index contributed by atoms with van der Waals surface area (Å²) in [5, 5.41) is 6.63. The van der Waals surface area contributed by atoms with Crippen LogP contribution >= 0.6 is 11.6 Å².